The van der Waals surface area contributed by atoms with Crippen molar-refractivity contribution in [2.75, 3.05) is 13.2 Å². The SMILES string of the molecule is Cc1cccc2sc(S(=O)(=O)N[C@H]3CCN(CN=C(N)c4ccccc4)C3=O)cc12. The van der Waals surface area contributed by atoms with Crippen molar-refractivity contribution in [3.63, 3.8) is 0 Å². The number of nitrogens with one attached hydrogen (secondary N) is 1. The number of amides is 1. The van der Waals surface area contributed by atoms with Crippen LogP contribution in [0.3, 0.4) is 0 Å². The highest BCUT2D eigenvalue weighted by Crippen LogP contribution is 2.31. The maximum atomic E-state index is 12.9. The molecule has 2 heterocycles. The zero-order valence-corrected chi connectivity index (χ0v) is 18.0. The maximum absolute atomic E-state index is 12.9. The molecule has 4 rings (SSSR count). The Bertz CT molecular complexity index is 1220. The molecular formula is C21H22N4O3S2. The van der Waals surface area contributed by atoms with E-state index < -0.39 is 16.1 Å². The molecule has 1 aliphatic heterocycles. The van der Waals surface area contributed by atoms with Crippen molar-refractivity contribution in [1.29, 1.82) is 0 Å². The summed E-state index contributed by atoms with van der Waals surface area (Å²) < 4.78 is 29.4. The van der Waals surface area contributed by atoms with Crippen LogP contribution in [0.25, 0.3) is 10.1 Å². The van der Waals surface area contributed by atoms with Gasteiger partial charge in [-0.2, -0.15) is 4.72 Å². The average Bonchev–Trinajstić information content (AvgIpc) is 3.32. The summed E-state index contributed by atoms with van der Waals surface area (Å²) in [5.74, 6) is 0.0496. The van der Waals surface area contributed by atoms with Crippen LogP contribution in [0.5, 0.6) is 0 Å². The number of hydrogen-bond donors (Lipinski definition) is 2. The number of thiophene rings is 1. The molecule has 9 heteroatoms. The summed E-state index contributed by atoms with van der Waals surface area (Å²) >= 11 is 1.20. The molecule has 1 aromatic heterocycles. The summed E-state index contributed by atoms with van der Waals surface area (Å²) in [5, 5.41) is 0.910. The van der Waals surface area contributed by atoms with Crippen molar-refractivity contribution in [2.24, 2.45) is 10.7 Å². The van der Waals surface area contributed by atoms with E-state index in [4.69, 9.17) is 5.73 Å². The van der Waals surface area contributed by atoms with Crippen LogP contribution in [0, 0.1) is 6.92 Å². The fraction of sp³-hybridized carbons (Fsp3) is 0.238. The summed E-state index contributed by atoms with van der Waals surface area (Å²) in [5.41, 5.74) is 7.78. The first-order valence-corrected chi connectivity index (χ1v) is 11.8. The lowest BCUT2D eigenvalue weighted by atomic mass is 10.2. The van der Waals surface area contributed by atoms with Crippen LogP contribution in [-0.2, 0) is 14.8 Å². The van der Waals surface area contributed by atoms with Crippen molar-refractivity contribution in [2.45, 2.75) is 23.6 Å². The van der Waals surface area contributed by atoms with Crippen LogP contribution in [0.1, 0.15) is 17.5 Å². The molecule has 7 nitrogen and oxygen atoms in total. The number of sulfonamides is 1. The molecule has 30 heavy (non-hydrogen) atoms. The third-order valence-electron chi connectivity index (χ3n) is 5.10. The first kappa shape index (κ1) is 20.5. The van der Waals surface area contributed by atoms with Crippen LogP contribution in [0.15, 0.2) is 63.8 Å². The Hall–Kier alpha value is -2.75. The lowest BCUT2D eigenvalue weighted by molar-refractivity contribution is -0.128. The number of aliphatic imine (C=N–C) groups is 1. The standard InChI is InChI=1S/C21H22N4O3S2/c1-14-6-5-9-18-16(14)12-19(29-18)30(27,28)24-17-10-11-25(21(17)26)13-23-20(22)15-7-3-2-4-8-15/h2-9,12,17,24H,10-11,13H2,1H3,(H2,22,23)/t17-/m0/s1. The second kappa shape index (κ2) is 8.17. The normalized spacial score (nSPS) is 17.8. The molecular weight excluding hydrogens is 420 g/mol. The highest BCUT2D eigenvalue weighted by molar-refractivity contribution is 7.91. The number of nitrogens with zero attached hydrogens (tertiary/aromatic N) is 2. The van der Waals surface area contributed by atoms with Gasteiger partial charge in [-0.1, -0.05) is 42.5 Å². The summed E-state index contributed by atoms with van der Waals surface area (Å²) in [6, 6.07) is 15.9. The van der Waals surface area contributed by atoms with Gasteiger partial charge in [0.2, 0.25) is 5.91 Å². The molecule has 0 bridgehead atoms. The molecule has 0 saturated carbocycles. The molecule has 0 radical (unpaired) electrons. The number of fused-ring (bicyclic) bond motifs is 1. The summed E-state index contributed by atoms with van der Waals surface area (Å²) in [7, 11) is -3.79. The molecule has 0 aliphatic carbocycles. The zero-order valence-electron chi connectivity index (χ0n) is 16.4. The Balaban J connectivity index is 1.45. The first-order valence-electron chi connectivity index (χ1n) is 9.51. The van der Waals surface area contributed by atoms with Crippen LogP contribution in [0.2, 0.25) is 0 Å². The van der Waals surface area contributed by atoms with Gasteiger partial charge >= 0.3 is 0 Å². The highest BCUT2D eigenvalue weighted by Gasteiger charge is 2.35. The van der Waals surface area contributed by atoms with Crippen LogP contribution >= 0.6 is 11.3 Å². The molecule has 0 unspecified atom stereocenters. The number of benzene rings is 2. The molecule has 3 aromatic rings. The molecule has 2 aromatic carbocycles. The molecule has 1 atom stereocenters. The Morgan fingerprint density at radius 2 is 2.00 bits per heavy atom. The first-order chi connectivity index (χ1) is 14.3. The summed E-state index contributed by atoms with van der Waals surface area (Å²) in [6.07, 6.45) is 0.392. The number of rotatable bonds is 6. The number of aryl methyl sites for hydroxylation is 1. The third-order valence-corrected chi connectivity index (χ3v) is 8.14. The van der Waals surface area contributed by atoms with E-state index in [-0.39, 0.29) is 16.8 Å². The predicted molar refractivity (Wildman–Crippen MR) is 119 cm³/mol. The Morgan fingerprint density at radius 1 is 1.23 bits per heavy atom. The van der Waals surface area contributed by atoms with Gasteiger partial charge in [0.05, 0.1) is 0 Å². The number of nitrogens with two attached hydrogens (primary N) is 1. The van der Waals surface area contributed by atoms with E-state index in [2.05, 4.69) is 9.71 Å². The van der Waals surface area contributed by atoms with Crippen molar-refractivity contribution in [3.8, 4) is 0 Å². The smallest absolute Gasteiger partial charge is 0.250 e. The van der Waals surface area contributed by atoms with Gasteiger partial charge in [0, 0.05) is 16.8 Å². The second-order valence-electron chi connectivity index (χ2n) is 7.17. The largest absolute Gasteiger partial charge is 0.383 e. The molecule has 1 aliphatic rings. The van der Waals surface area contributed by atoms with Crippen molar-refractivity contribution < 1.29 is 13.2 Å². The molecule has 1 saturated heterocycles. The van der Waals surface area contributed by atoms with E-state index in [1.165, 1.54) is 16.2 Å². The minimum absolute atomic E-state index is 0.0971. The Morgan fingerprint density at radius 3 is 2.73 bits per heavy atom. The number of carbonyl (C=O) groups excluding carboxylic acids is 1. The van der Waals surface area contributed by atoms with E-state index in [0.29, 0.717) is 18.8 Å². The lowest BCUT2D eigenvalue weighted by Gasteiger charge is -2.15. The average molecular weight is 443 g/mol. The molecule has 0 spiro atoms. The quantitative estimate of drug-likeness (QED) is 0.452. The van der Waals surface area contributed by atoms with Gasteiger partial charge in [0.1, 0.15) is 22.8 Å². The van der Waals surface area contributed by atoms with E-state index in [1.54, 1.807) is 6.07 Å². The van der Waals surface area contributed by atoms with Crippen LogP contribution < -0.4 is 10.5 Å². The van der Waals surface area contributed by atoms with Gasteiger partial charge in [-0.25, -0.2) is 13.4 Å². The van der Waals surface area contributed by atoms with Crippen LogP contribution in [0.4, 0.5) is 0 Å². The second-order valence-corrected chi connectivity index (χ2v) is 10.2. The van der Waals surface area contributed by atoms with Crippen molar-refractivity contribution in [1.82, 2.24) is 9.62 Å². The summed E-state index contributed by atoms with van der Waals surface area (Å²) in [6.45, 7) is 2.46. The van der Waals surface area contributed by atoms with Crippen molar-refractivity contribution >= 4 is 43.2 Å². The minimum Gasteiger partial charge on any atom is -0.383 e. The van der Waals surface area contributed by atoms with E-state index in [1.807, 2.05) is 55.5 Å². The van der Waals surface area contributed by atoms with Gasteiger partial charge < -0.3 is 10.6 Å². The topological polar surface area (TPSA) is 105 Å². The zero-order chi connectivity index (χ0) is 21.3. The van der Waals surface area contributed by atoms with E-state index >= 15 is 0 Å². The summed E-state index contributed by atoms with van der Waals surface area (Å²) in [4.78, 5) is 18.5. The van der Waals surface area contributed by atoms with Gasteiger partial charge in [-0.15, -0.1) is 11.3 Å². The van der Waals surface area contributed by atoms with E-state index in [0.717, 1.165) is 21.2 Å². The number of amidine groups is 1. The van der Waals surface area contributed by atoms with Gasteiger partial charge in [-0.3, -0.25) is 4.79 Å². The number of likely N-dealkylation sites (tertiary alicyclic amines) is 1. The number of hydrogen-bond acceptors (Lipinski definition) is 5. The van der Waals surface area contributed by atoms with Crippen molar-refractivity contribution in [3.05, 3.63) is 65.7 Å². The highest BCUT2D eigenvalue weighted by atomic mass is 32.2. The molecule has 1 fully saturated rings. The maximum Gasteiger partial charge on any atom is 0.250 e. The van der Waals surface area contributed by atoms with Crippen LogP contribution in [-0.4, -0.2) is 44.3 Å². The number of carbonyl (C=O) groups is 1. The molecule has 1 amide bonds. The van der Waals surface area contributed by atoms with Gasteiger partial charge in [0.25, 0.3) is 10.0 Å². The van der Waals surface area contributed by atoms with Gasteiger partial charge in [0.15, 0.2) is 0 Å². The minimum atomic E-state index is -3.79. The lowest BCUT2D eigenvalue weighted by Crippen LogP contribution is -2.41. The molecule has 3 N–H and O–H groups in total. The third kappa shape index (κ3) is 4.09. The van der Waals surface area contributed by atoms with E-state index in [9.17, 15) is 13.2 Å². The Labute approximate surface area is 179 Å². The fourth-order valence-corrected chi connectivity index (χ4v) is 6.12. The fourth-order valence-electron chi connectivity index (χ4n) is 3.41. The Kier molecular flexibility index (Phi) is 5.59. The van der Waals surface area contributed by atoms with Gasteiger partial charge in [-0.05, 0) is 36.4 Å². The predicted octanol–water partition coefficient (Wildman–Crippen LogP) is 2.45. The monoisotopic (exact) mass is 442 g/mol. The molecule has 156 valence electrons.